The molecule has 1 saturated carbocycles. The summed E-state index contributed by atoms with van der Waals surface area (Å²) in [5, 5.41) is 3.25. The number of hydrogen-bond acceptors (Lipinski definition) is 5. The number of nitrogens with zero attached hydrogens (tertiary/aromatic N) is 3. The first-order valence-corrected chi connectivity index (χ1v) is 12.0. The molecule has 1 spiro atoms. The predicted molar refractivity (Wildman–Crippen MR) is 112 cm³/mol. The van der Waals surface area contributed by atoms with Crippen LogP contribution in [0, 0.1) is 0 Å². The molecular formula is C20H23ClN4O4S. The number of benzene rings is 1. The smallest absolute Gasteiger partial charge is 0.255 e. The molecule has 0 bridgehead atoms. The lowest BCUT2D eigenvalue weighted by Crippen LogP contribution is -2.54. The van der Waals surface area contributed by atoms with Crippen LogP contribution in [0.1, 0.15) is 31.5 Å². The van der Waals surface area contributed by atoms with Gasteiger partial charge in [0.25, 0.3) is 5.91 Å². The number of imidazole rings is 1. The number of aromatic nitrogens is 2. The molecule has 1 amide bonds. The molecule has 10 heteroatoms. The van der Waals surface area contributed by atoms with Gasteiger partial charge in [0, 0.05) is 36.2 Å². The Morgan fingerprint density at radius 1 is 1.20 bits per heavy atom. The number of hydrogen-bond donors (Lipinski definition) is 1. The van der Waals surface area contributed by atoms with Crippen molar-refractivity contribution < 1.29 is 17.9 Å². The van der Waals surface area contributed by atoms with Crippen molar-refractivity contribution >= 4 is 33.2 Å². The Morgan fingerprint density at radius 3 is 2.57 bits per heavy atom. The summed E-state index contributed by atoms with van der Waals surface area (Å²) in [6.07, 6.45) is 5.29. The SMILES string of the molecule is O=C(Nc1ccc(Cl)cc1)C1Cn2ccnc2C2(CCN(S(=O)(=O)C3CC3)CC2)O1. The van der Waals surface area contributed by atoms with Gasteiger partial charge >= 0.3 is 0 Å². The van der Waals surface area contributed by atoms with E-state index in [1.165, 1.54) is 0 Å². The van der Waals surface area contributed by atoms with Crippen LogP contribution in [0.4, 0.5) is 5.69 Å². The molecule has 1 aromatic heterocycles. The van der Waals surface area contributed by atoms with E-state index in [0.717, 1.165) is 18.7 Å². The summed E-state index contributed by atoms with van der Waals surface area (Å²) < 4.78 is 35.1. The highest BCUT2D eigenvalue weighted by Crippen LogP contribution is 2.42. The number of fused-ring (bicyclic) bond motifs is 2. The number of amides is 1. The Kier molecular flexibility index (Phi) is 4.89. The number of rotatable bonds is 4. The number of carbonyl (C=O) groups excluding carboxylic acids is 1. The molecule has 1 N–H and O–H groups in total. The highest BCUT2D eigenvalue weighted by atomic mass is 35.5. The van der Waals surface area contributed by atoms with E-state index in [1.807, 2.05) is 10.8 Å². The van der Waals surface area contributed by atoms with E-state index in [4.69, 9.17) is 16.3 Å². The summed E-state index contributed by atoms with van der Waals surface area (Å²) >= 11 is 5.91. The van der Waals surface area contributed by atoms with Gasteiger partial charge in [-0.2, -0.15) is 0 Å². The van der Waals surface area contributed by atoms with Gasteiger partial charge in [0.1, 0.15) is 11.4 Å². The first-order valence-electron chi connectivity index (χ1n) is 10.1. The molecule has 1 aliphatic carbocycles. The average molecular weight is 451 g/mol. The zero-order valence-electron chi connectivity index (χ0n) is 16.3. The number of nitrogens with one attached hydrogen (secondary N) is 1. The van der Waals surface area contributed by atoms with E-state index in [-0.39, 0.29) is 11.2 Å². The minimum absolute atomic E-state index is 0.223. The number of carbonyl (C=O) groups is 1. The average Bonchev–Trinajstić information content (AvgIpc) is 3.49. The second-order valence-corrected chi connectivity index (χ2v) is 10.8. The molecular weight excluding hydrogens is 428 g/mol. The summed E-state index contributed by atoms with van der Waals surface area (Å²) in [4.78, 5) is 17.4. The number of anilines is 1. The van der Waals surface area contributed by atoms with Gasteiger partial charge in [0.05, 0.1) is 11.8 Å². The van der Waals surface area contributed by atoms with Gasteiger partial charge in [-0.05, 0) is 49.9 Å². The van der Waals surface area contributed by atoms with Crippen LogP contribution in [0.5, 0.6) is 0 Å². The van der Waals surface area contributed by atoms with E-state index in [9.17, 15) is 13.2 Å². The van der Waals surface area contributed by atoms with Crippen LogP contribution in [0.2, 0.25) is 5.02 Å². The van der Waals surface area contributed by atoms with Crippen LogP contribution in [-0.4, -0.2) is 52.6 Å². The number of piperidine rings is 1. The number of sulfonamides is 1. The van der Waals surface area contributed by atoms with Crippen LogP contribution in [0.25, 0.3) is 0 Å². The van der Waals surface area contributed by atoms with E-state index in [0.29, 0.717) is 43.2 Å². The molecule has 1 saturated heterocycles. The molecule has 30 heavy (non-hydrogen) atoms. The molecule has 160 valence electrons. The molecule has 2 aromatic rings. The van der Waals surface area contributed by atoms with E-state index in [1.54, 1.807) is 34.8 Å². The molecule has 3 aliphatic rings. The normalized spacial score (nSPS) is 23.8. The summed E-state index contributed by atoms with van der Waals surface area (Å²) in [6.45, 7) is 1.11. The first-order chi connectivity index (χ1) is 14.4. The van der Waals surface area contributed by atoms with Gasteiger partial charge in [-0.3, -0.25) is 4.79 Å². The highest BCUT2D eigenvalue weighted by Gasteiger charge is 2.50. The third kappa shape index (κ3) is 3.53. The maximum Gasteiger partial charge on any atom is 0.255 e. The number of halogens is 1. The molecule has 1 unspecified atom stereocenters. The summed E-state index contributed by atoms with van der Waals surface area (Å²) in [5.41, 5.74) is -0.122. The van der Waals surface area contributed by atoms with Gasteiger partial charge in [0.2, 0.25) is 10.0 Å². The second-order valence-electron chi connectivity index (χ2n) is 8.14. The Morgan fingerprint density at radius 2 is 1.90 bits per heavy atom. The van der Waals surface area contributed by atoms with Crippen molar-refractivity contribution in [3.8, 4) is 0 Å². The topological polar surface area (TPSA) is 93.5 Å². The lowest BCUT2D eigenvalue weighted by molar-refractivity contribution is -0.166. The minimum Gasteiger partial charge on any atom is -0.352 e. The molecule has 2 fully saturated rings. The van der Waals surface area contributed by atoms with E-state index >= 15 is 0 Å². The zero-order chi connectivity index (χ0) is 20.9. The quantitative estimate of drug-likeness (QED) is 0.771. The lowest BCUT2D eigenvalue weighted by atomic mass is 9.89. The van der Waals surface area contributed by atoms with Crippen molar-refractivity contribution in [2.45, 2.75) is 49.2 Å². The minimum atomic E-state index is -3.22. The largest absolute Gasteiger partial charge is 0.352 e. The van der Waals surface area contributed by atoms with Crippen molar-refractivity contribution in [3.05, 3.63) is 47.5 Å². The fourth-order valence-corrected chi connectivity index (χ4v) is 6.28. The van der Waals surface area contributed by atoms with Crippen LogP contribution < -0.4 is 5.32 Å². The van der Waals surface area contributed by atoms with Crippen LogP contribution in [-0.2, 0) is 31.7 Å². The van der Waals surface area contributed by atoms with Crippen LogP contribution in [0.15, 0.2) is 36.7 Å². The molecule has 1 atom stereocenters. The third-order valence-corrected chi connectivity index (χ3v) is 8.74. The van der Waals surface area contributed by atoms with Crippen LogP contribution >= 0.6 is 11.6 Å². The second kappa shape index (κ2) is 7.33. The van der Waals surface area contributed by atoms with Crippen molar-refractivity contribution in [1.82, 2.24) is 13.9 Å². The van der Waals surface area contributed by atoms with Gasteiger partial charge in [-0.1, -0.05) is 11.6 Å². The van der Waals surface area contributed by atoms with Crippen molar-refractivity contribution in [1.29, 1.82) is 0 Å². The summed E-state index contributed by atoms with van der Waals surface area (Å²) in [7, 11) is -3.22. The molecule has 1 aromatic carbocycles. The zero-order valence-corrected chi connectivity index (χ0v) is 17.9. The molecule has 8 nitrogen and oxygen atoms in total. The Bertz CT molecular complexity index is 1060. The standard InChI is InChI=1S/C20H23ClN4O4S/c21-14-1-3-15(4-2-14)23-18(26)17-13-24-12-9-22-19(24)20(29-17)7-10-25(11-8-20)30(27,28)16-5-6-16/h1-4,9,12,16-17H,5-8,10-11,13H2,(H,23,26). The first kappa shape index (κ1) is 20.0. The molecule has 5 rings (SSSR count). The number of ether oxygens (including phenoxy) is 1. The third-order valence-electron chi connectivity index (χ3n) is 6.09. The Hall–Kier alpha value is -1.94. The van der Waals surface area contributed by atoms with Crippen molar-refractivity contribution in [2.24, 2.45) is 0 Å². The van der Waals surface area contributed by atoms with Gasteiger partial charge < -0.3 is 14.6 Å². The summed E-state index contributed by atoms with van der Waals surface area (Å²) in [6, 6.07) is 6.90. The maximum atomic E-state index is 12.9. The van der Waals surface area contributed by atoms with Crippen LogP contribution in [0.3, 0.4) is 0 Å². The Labute approximate surface area is 180 Å². The van der Waals surface area contributed by atoms with Crippen molar-refractivity contribution in [2.75, 3.05) is 18.4 Å². The Balaban J connectivity index is 1.34. The monoisotopic (exact) mass is 450 g/mol. The predicted octanol–water partition coefficient (Wildman–Crippen LogP) is 2.36. The van der Waals surface area contributed by atoms with Gasteiger partial charge in [-0.25, -0.2) is 17.7 Å². The molecule has 0 radical (unpaired) electrons. The van der Waals surface area contributed by atoms with Gasteiger partial charge in [0.15, 0.2) is 6.10 Å². The highest BCUT2D eigenvalue weighted by molar-refractivity contribution is 7.90. The van der Waals surface area contributed by atoms with E-state index < -0.39 is 21.7 Å². The molecule has 3 heterocycles. The molecule has 2 aliphatic heterocycles. The fraction of sp³-hybridized carbons (Fsp3) is 0.500. The lowest BCUT2D eigenvalue weighted by Gasteiger charge is -2.45. The fourth-order valence-electron chi connectivity index (χ4n) is 4.31. The van der Waals surface area contributed by atoms with Gasteiger partial charge in [-0.15, -0.1) is 0 Å². The summed E-state index contributed by atoms with van der Waals surface area (Å²) in [5.74, 6) is 0.519. The van der Waals surface area contributed by atoms with Crippen molar-refractivity contribution in [3.63, 3.8) is 0 Å². The maximum absolute atomic E-state index is 12.9. The van der Waals surface area contributed by atoms with E-state index in [2.05, 4.69) is 10.3 Å².